The van der Waals surface area contributed by atoms with Crippen molar-refractivity contribution in [3.63, 3.8) is 0 Å². The number of rotatable bonds is 11. The third-order valence-electron chi connectivity index (χ3n) is 8.05. The number of esters is 1. The summed E-state index contributed by atoms with van der Waals surface area (Å²) in [4.78, 5) is 45.4. The number of allylic oxidation sites excluding steroid dienone is 2. The Hall–Kier alpha value is -2.25. The molecule has 4 aliphatic rings. The lowest BCUT2D eigenvalue weighted by molar-refractivity contribution is -0.164. The van der Waals surface area contributed by atoms with E-state index in [1.807, 2.05) is 32.3 Å². The van der Waals surface area contributed by atoms with Crippen LogP contribution in [0.15, 0.2) is 60.3 Å². The van der Waals surface area contributed by atoms with Crippen molar-refractivity contribution in [2.24, 2.45) is 11.8 Å². The molecular formula is C29H38IN3O6S. The van der Waals surface area contributed by atoms with E-state index in [1.165, 1.54) is 22.7 Å². The molecule has 2 saturated heterocycles. The molecule has 0 bridgehead atoms. The molecule has 0 aromatic rings. The molecule has 1 N–H and O–H groups in total. The van der Waals surface area contributed by atoms with Crippen LogP contribution in [-0.4, -0.2) is 91.6 Å². The van der Waals surface area contributed by atoms with Gasteiger partial charge in [-0.05, 0) is 38.3 Å². The fourth-order valence-electron chi connectivity index (χ4n) is 5.97. The lowest BCUT2D eigenvalue weighted by Crippen LogP contribution is -2.63. The van der Waals surface area contributed by atoms with E-state index in [2.05, 4.69) is 46.7 Å². The minimum Gasteiger partial charge on any atom is -0.457 e. The van der Waals surface area contributed by atoms with Crippen molar-refractivity contribution < 1.29 is 29.0 Å². The van der Waals surface area contributed by atoms with E-state index < -0.39 is 18.0 Å². The minimum atomic E-state index is -0.820. The van der Waals surface area contributed by atoms with Gasteiger partial charge in [0.25, 0.3) is 0 Å². The van der Waals surface area contributed by atoms with Crippen LogP contribution in [0.5, 0.6) is 0 Å². The SMILES string of the molecule is C=CCOC(=O)C1=C(S[C@H]2C[C@@H](CCC3(I)C=CC=CN3C)N(C(=O)OCC=C)C2)[C@H](C)[C@@H]2[C@@H]([C@@H](C)O)C(=O)N12. The third kappa shape index (κ3) is 5.87. The van der Waals surface area contributed by atoms with E-state index in [1.54, 1.807) is 17.9 Å². The molecule has 40 heavy (non-hydrogen) atoms. The number of aliphatic hydroxyl groups is 1. The van der Waals surface area contributed by atoms with E-state index in [0.29, 0.717) is 13.0 Å². The summed E-state index contributed by atoms with van der Waals surface area (Å²) in [5.74, 6) is -1.55. The maximum atomic E-state index is 13.1. The molecule has 0 aromatic heterocycles. The largest absolute Gasteiger partial charge is 0.457 e. The number of amides is 2. The second-order valence-corrected chi connectivity index (χ2v) is 13.9. The van der Waals surface area contributed by atoms with Crippen LogP contribution in [0.1, 0.15) is 33.1 Å². The highest BCUT2D eigenvalue weighted by Crippen LogP contribution is 2.52. The van der Waals surface area contributed by atoms with Gasteiger partial charge in [0, 0.05) is 41.9 Å². The molecule has 0 saturated carbocycles. The van der Waals surface area contributed by atoms with Crippen molar-refractivity contribution in [1.82, 2.24) is 14.7 Å². The quantitative estimate of drug-likeness (QED) is 0.0865. The Morgan fingerprint density at radius 2 is 1.98 bits per heavy atom. The van der Waals surface area contributed by atoms with Gasteiger partial charge in [0.15, 0.2) is 0 Å². The number of likely N-dealkylation sites (N-methyl/N-ethyl adjacent to an activating group) is 1. The maximum absolute atomic E-state index is 13.1. The molecule has 0 aliphatic carbocycles. The van der Waals surface area contributed by atoms with Crippen LogP contribution >= 0.6 is 34.4 Å². The minimum absolute atomic E-state index is 0.00979. The van der Waals surface area contributed by atoms with Crippen LogP contribution in [-0.2, 0) is 19.1 Å². The van der Waals surface area contributed by atoms with Crippen LogP contribution < -0.4 is 0 Å². The number of β-lactam (4-membered cyclic amide) rings is 1. The molecule has 0 aromatic carbocycles. The van der Waals surface area contributed by atoms with E-state index in [-0.39, 0.29) is 57.7 Å². The van der Waals surface area contributed by atoms with Gasteiger partial charge in [-0.3, -0.25) is 4.79 Å². The summed E-state index contributed by atoms with van der Waals surface area (Å²) in [5.41, 5.74) is 0.252. The number of hydrogen-bond donors (Lipinski definition) is 1. The Balaban J connectivity index is 1.56. The molecule has 7 atom stereocenters. The molecule has 1 unspecified atom stereocenters. The van der Waals surface area contributed by atoms with Crippen LogP contribution in [0.25, 0.3) is 0 Å². The molecule has 11 heteroatoms. The predicted octanol–water partition coefficient (Wildman–Crippen LogP) is 4.21. The number of thioether (sulfide) groups is 1. The molecule has 4 heterocycles. The number of fused-ring (bicyclic) bond motifs is 1. The smallest absolute Gasteiger partial charge is 0.410 e. The highest BCUT2D eigenvalue weighted by atomic mass is 127. The number of alkyl halides is 1. The van der Waals surface area contributed by atoms with Crippen molar-refractivity contribution in [2.75, 3.05) is 26.8 Å². The van der Waals surface area contributed by atoms with Gasteiger partial charge >= 0.3 is 12.1 Å². The molecule has 218 valence electrons. The van der Waals surface area contributed by atoms with Crippen molar-refractivity contribution >= 4 is 52.3 Å². The summed E-state index contributed by atoms with van der Waals surface area (Å²) >= 11 is 3.99. The lowest BCUT2D eigenvalue weighted by atomic mass is 9.79. The Morgan fingerprint density at radius 3 is 2.62 bits per heavy atom. The van der Waals surface area contributed by atoms with Crippen molar-refractivity contribution in [3.05, 3.63) is 60.3 Å². The van der Waals surface area contributed by atoms with Crippen molar-refractivity contribution in [3.8, 4) is 0 Å². The van der Waals surface area contributed by atoms with E-state index >= 15 is 0 Å². The number of nitrogens with zero attached hydrogens (tertiary/aromatic N) is 3. The van der Waals surface area contributed by atoms with Gasteiger partial charge in [0.1, 0.15) is 22.5 Å². The van der Waals surface area contributed by atoms with E-state index in [0.717, 1.165) is 17.7 Å². The average molecular weight is 684 g/mol. The molecule has 4 rings (SSSR count). The number of halogens is 1. The summed E-state index contributed by atoms with van der Waals surface area (Å²) in [6.07, 6.45) is 12.4. The Morgan fingerprint density at radius 1 is 1.27 bits per heavy atom. The van der Waals surface area contributed by atoms with Gasteiger partial charge in [0.05, 0.1) is 18.1 Å². The first-order chi connectivity index (χ1) is 19.0. The topological polar surface area (TPSA) is 99.6 Å². The first kappa shape index (κ1) is 30.7. The second-order valence-electron chi connectivity index (χ2n) is 10.7. The Bertz CT molecular complexity index is 1140. The van der Waals surface area contributed by atoms with Crippen LogP contribution in [0.3, 0.4) is 0 Å². The fraction of sp³-hybridized carbons (Fsp3) is 0.552. The normalized spacial score (nSPS) is 31.7. The summed E-state index contributed by atoms with van der Waals surface area (Å²) in [6.45, 7) is 11.5. The Kier molecular flexibility index (Phi) is 9.77. The van der Waals surface area contributed by atoms with Gasteiger partial charge in [-0.2, -0.15) is 0 Å². The first-order valence-electron chi connectivity index (χ1n) is 13.6. The third-order valence-corrected chi connectivity index (χ3v) is 11.2. The van der Waals surface area contributed by atoms with Gasteiger partial charge in [0.2, 0.25) is 5.91 Å². The molecule has 9 nitrogen and oxygen atoms in total. The number of likely N-dealkylation sites (tertiary alicyclic amines) is 1. The summed E-state index contributed by atoms with van der Waals surface area (Å²) < 4.78 is 10.6. The zero-order chi connectivity index (χ0) is 29.2. The van der Waals surface area contributed by atoms with E-state index in [9.17, 15) is 19.5 Å². The summed E-state index contributed by atoms with van der Waals surface area (Å²) in [6, 6.07) is -0.348. The molecule has 2 amide bonds. The molecule has 4 aliphatic heterocycles. The lowest BCUT2D eigenvalue weighted by Gasteiger charge is -2.46. The highest BCUT2D eigenvalue weighted by molar-refractivity contribution is 14.1. The summed E-state index contributed by atoms with van der Waals surface area (Å²) in [7, 11) is 2.04. The van der Waals surface area contributed by atoms with E-state index in [4.69, 9.17) is 9.47 Å². The number of hydrogen-bond acceptors (Lipinski definition) is 8. The predicted molar refractivity (Wildman–Crippen MR) is 163 cm³/mol. The number of carbonyl (C=O) groups is 3. The maximum Gasteiger partial charge on any atom is 0.410 e. The van der Waals surface area contributed by atoms with Crippen LogP contribution in [0.2, 0.25) is 0 Å². The van der Waals surface area contributed by atoms with Gasteiger partial charge in [-0.1, -0.05) is 60.9 Å². The molecular weight excluding hydrogens is 645 g/mol. The molecule has 2 fully saturated rings. The number of aliphatic hydroxyl groups excluding tert-OH is 1. The van der Waals surface area contributed by atoms with Gasteiger partial charge in [-0.25, -0.2) is 9.59 Å². The number of carbonyl (C=O) groups excluding carboxylic acids is 3. The standard InChI is InChI=1S/C29H38IN3O6S/c1-6-14-38-27(36)24-25(18(3)23-22(19(4)34)26(35)33(23)24)40-21-16-20(32(17-21)28(37)39-15-7-2)10-12-29(30)11-8-9-13-31(29)5/h6-9,11,13,18-23,34H,1-2,10,12,14-17H2,3-5H3/t18-,19-,20-,21+,22-,23-,29?/m1/s1. The zero-order valence-corrected chi connectivity index (χ0v) is 26.2. The van der Waals surface area contributed by atoms with Crippen molar-refractivity contribution in [2.45, 2.75) is 60.1 Å². The monoisotopic (exact) mass is 683 g/mol. The molecule has 0 spiro atoms. The van der Waals surface area contributed by atoms with Gasteiger partial charge < -0.3 is 29.3 Å². The first-order valence-corrected chi connectivity index (χ1v) is 15.5. The Labute approximate surface area is 254 Å². The van der Waals surface area contributed by atoms with Crippen LogP contribution in [0, 0.1) is 11.8 Å². The van der Waals surface area contributed by atoms with Gasteiger partial charge in [-0.15, -0.1) is 11.8 Å². The second kappa shape index (κ2) is 12.7. The van der Waals surface area contributed by atoms with Crippen molar-refractivity contribution in [1.29, 1.82) is 0 Å². The fourth-order valence-corrected chi connectivity index (χ4v) is 8.21. The highest BCUT2D eigenvalue weighted by Gasteiger charge is 2.60. The zero-order valence-electron chi connectivity index (χ0n) is 23.2. The average Bonchev–Trinajstić information content (AvgIpc) is 3.43. The molecule has 0 radical (unpaired) electrons. The van der Waals surface area contributed by atoms with Crippen LogP contribution in [0.4, 0.5) is 4.79 Å². The summed E-state index contributed by atoms with van der Waals surface area (Å²) in [5, 5.41) is 10.3. The number of ether oxygens (including phenoxy) is 2.